The van der Waals surface area contributed by atoms with Crippen molar-refractivity contribution in [2.24, 2.45) is 0 Å². The minimum absolute atomic E-state index is 0.0141. The first-order valence-electron chi connectivity index (χ1n) is 4.63. The van der Waals surface area contributed by atoms with Gasteiger partial charge in [0.15, 0.2) is 0 Å². The summed E-state index contributed by atoms with van der Waals surface area (Å²) in [6, 6.07) is 6.11. The van der Waals surface area contributed by atoms with E-state index in [1.807, 2.05) is 0 Å². The molecule has 82 valence electrons. The largest absolute Gasteiger partial charge is 0.481 e. The van der Waals surface area contributed by atoms with Gasteiger partial charge in [0.1, 0.15) is 0 Å². The maximum atomic E-state index is 10.5. The van der Waals surface area contributed by atoms with Crippen LogP contribution in [0.15, 0.2) is 24.3 Å². The molecule has 0 heterocycles. The van der Waals surface area contributed by atoms with E-state index in [9.17, 15) is 9.59 Å². The number of hydrogen-bond acceptors (Lipinski definition) is 2. The average molecular weight is 218 g/mol. The molecule has 0 amide bonds. The second-order valence-electron chi connectivity index (χ2n) is 3.08. The van der Waals surface area contributed by atoms with Crippen LogP contribution < -0.4 is 0 Å². The topological polar surface area (TPSA) is 74.6 Å². The van der Waals surface area contributed by atoms with E-state index in [0.29, 0.717) is 5.56 Å². The second-order valence-corrected chi connectivity index (χ2v) is 3.08. The summed E-state index contributed by atoms with van der Waals surface area (Å²) in [5.74, 6) is 3.60. The monoisotopic (exact) mass is 218 g/mol. The van der Waals surface area contributed by atoms with Crippen molar-refractivity contribution in [1.29, 1.82) is 0 Å². The van der Waals surface area contributed by atoms with Gasteiger partial charge in [0.25, 0.3) is 0 Å². The summed E-state index contributed by atoms with van der Waals surface area (Å²) in [6.45, 7) is 0. The van der Waals surface area contributed by atoms with Crippen LogP contribution >= 0.6 is 0 Å². The molecule has 4 nitrogen and oxygen atoms in total. The van der Waals surface area contributed by atoms with Crippen molar-refractivity contribution in [2.45, 2.75) is 12.8 Å². The Bertz CT molecular complexity index is 448. The van der Waals surface area contributed by atoms with Gasteiger partial charge in [-0.05, 0) is 24.3 Å². The quantitative estimate of drug-likeness (QED) is 0.755. The van der Waals surface area contributed by atoms with Crippen LogP contribution in [-0.2, 0) is 4.79 Å². The first-order chi connectivity index (χ1) is 7.59. The normalized spacial score (nSPS) is 9.00. The molecule has 2 N–H and O–H groups in total. The van der Waals surface area contributed by atoms with Crippen LogP contribution in [0.2, 0.25) is 0 Å². The van der Waals surface area contributed by atoms with Crippen LogP contribution in [0.1, 0.15) is 28.8 Å². The molecule has 4 heteroatoms. The minimum atomic E-state index is -0.981. The van der Waals surface area contributed by atoms with Gasteiger partial charge in [0, 0.05) is 12.0 Å². The Hall–Kier alpha value is -2.28. The molecule has 0 radical (unpaired) electrons. The highest BCUT2D eigenvalue weighted by molar-refractivity contribution is 5.87. The van der Waals surface area contributed by atoms with Crippen molar-refractivity contribution >= 4 is 11.9 Å². The fraction of sp³-hybridized carbons (Fsp3) is 0.167. The summed E-state index contributed by atoms with van der Waals surface area (Å²) in [6.07, 6.45) is 0.302. The van der Waals surface area contributed by atoms with E-state index in [4.69, 9.17) is 10.2 Å². The van der Waals surface area contributed by atoms with Crippen LogP contribution in [-0.4, -0.2) is 22.2 Å². The van der Waals surface area contributed by atoms with Gasteiger partial charge >= 0.3 is 11.9 Å². The van der Waals surface area contributed by atoms with Crippen molar-refractivity contribution in [2.75, 3.05) is 0 Å². The van der Waals surface area contributed by atoms with Crippen LogP contribution in [0.4, 0.5) is 0 Å². The van der Waals surface area contributed by atoms with Gasteiger partial charge in [0.05, 0.1) is 12.0 Å². The zero-order chi connectivity index (χ0) is 12.0. The Labute approximate surface area is 92.5 Å². The molecule has 0 fully saturated rings. The molecule has 0 aliphatic carbocycles. The Balaban J connectivity index is 2.61. The molecule has 16 heavy (non-hydrogen) atoms. The molecular formula is C12H10O4. The molecule has 0 aromatic heterocycles. The van der Waals surface area contributed by atoms with E-state index >= 15 is 0 Å². The molecule has 0 atom stereocenters. The smallest absolute Gasteiger partial charge is 0.335 e. The third-order valence-corrected chi connectivity index (χ3v) is 1.83. The van der Waals surface area contributed by atoms with Crippen LogP contribution in [0.3, 0.4) is 0 Å². The number of benzene rings is 1. The van der Waals surface area contributed by atoms with Gasteiger partial charge in [-0.15, -0.1) is 0 Å². The lowest BCUT2D eigenvalue weighted by atomic mass is 10.1. The fourth-order valence-electron chi connectivity index (χ4n) is 1.03. The van der Waals surface area contributed by atoms with Crippen molar-refractivity contribution in [3.05, 3.63) is 35.4 Å². The zero-order valence-electron chi connectivity index (χ0n) is 8.43. The van der Waals surface area contributed by atoms with E-state index in [2.05, 4.69) is 11.8 Å². The predicted molar refractivity (Wildman–Crippen MR) is 57.1 cm³/mol. The van der Waals surface area contributed by atoms with Gasteiger partial charge in [-0.2, -0.15) is 0 Å². The summed E-state index contributed by atoms with van der Waals surface area (Å²) in [7, 11) is 0. The molecule has 0 unspecified atom stereocenters. The van der Waals surface area contributed by atoms with E-state index in [-0.39, 0.29) is 18.4 Å². The van der Waals surface area contributed by atoms with Crippen molar-refractivity contribution < 1.29 is 19.8 Å². The Kier molecular flexibility index (Phi) is 4.10. The van der Waals surface area contributed by atoms with Gasteiger partial charge in [0.2, 0.25) is 0 Å². The molecule has 0 aliphatic rings. The SMILES string of the molecule is O=C(O)CCC#Cc1ccc(C(=O)O)cc1. The molecule has 0 saturated carbocycles. The predicted octanol–water partition coefficient (Wildman–Crippen LogP) is 1.60. The Morgan fingerprint density at radius 1 is 1.12 bits per heavy atom. The summed E-state index contributed by atoms with van der Waals surface area (Å²) in [4.78, 5) is 20.7. The van der Waals surface area contributed by atoms with Crippen molar-refractivity contribution in [3.63, 3.8) is 0 Å². The maximum absolute atomic E-state index is 10.5. The molecule has 1 rings (SSSR count). The van der Waals surface area contributed by atoms with Crippen LogP contribution in [0.5, 0.6) is 0 Å². The van der Waals surface area contributed by atoms with Gasteiger partial charge in [-0.3, -0.25) is 4.79 Å². The van der Waals surface area contributed by atoms with E-state index in [1.165, 1.54) is 12.1 Å². The molecule has 1 aromatic carbocycles. The lowest BCUT2D eigenvalue weighted by Crippen LogP contribution is -1.95. The number of carboxylic acids is 2. The van der Waals surface area contributed by atoms with Crippen LogP contribution in [0, 0.1) is 11.8 Å². The van der Waals surface area contributed by atoms with Gasteiger partial charge < -0.3 is 10.2 Å². The highest BCUT2D eigenvalue weighted by Crippen LogP contribution is 2.03. The first-order valence-corrected chi connectivity index (χ1v) is 4.63. The minimum Gasteiger partial charge on any atom is -0.481 e. The molecule has 1 aromatic rings. The average Bonchev–Trinajstić information content (AvgIpc) is 2.25. The number of aliphatic carboxylic acids is 1. The zero-order valence-corrected chi connectivity index (χ0v) is 8.43. The van der Waals surface area contributed by atoms with E-state index in [1.54, 1.807) is 12.1 Å². The van der Waals surface area contributed by atoms with E-state index in [0.717, 1.165) is 0 Å². The number of rotatable bonds is 3. The highest BCUT2D eigenvalue weighted by Gasteiger charge is 1.99. The first kappa shape index (κ1) is 11.8. The lowest BCUT2D eigenvalue weighted by Gasteiger charge is -1.93. The number of aromatic carboxylic acids is 1. The van der Waals surface area contributed by atoms with Gasteiger partial charge in [-0.1, -0.05) is 11.8 Å². The third kappa shape index (κ3) is 3.84. The summed E-state index contributed by atoms with van der Waals surface area (Å²) < 4.78 is 0. The van der Waals surface area contributed by atoms with Crippen molar-refractivity contribution in [3.8, 4) is 11.8 Å². The number of carboxylic acid groups (broad SMARTS) is 2. The molecule has 0 saturated heterocycles. The molecule has 0 bridgehead atoms. The number of hydrogen-bond donors (Lipinski definition) is 2. The summed E-state index contributed by atoms with van der Waals surface area (Å²) >= 11 is 0. The second kappa shape index (κ2) is 5.56. The van der Waals surface area contributed by atoms with Gasteiger partial charge in [-0.25, -0.2) is 4.79 Å². The van der Waals surface area contributed by atoms with E-state index < -0.39 is 11.9 Å². The summed E-state index contributed by atoms with van der Waals surface area (Å²) in [5, 5.41) is 17.0. The highest BCUT2D eigenvalue weighted by atomic mass is 16.4. The Morgan fingerprint density at radius 2 is 1.75 bits per heavy atom. The molecule has 0 spiro atoms. The van der Waals surface area contributed by atoms with Crippen molar-refractivity contribution in [1.82, 2.24) is 0 Å². The number of carbonyl (C=O) groups is 2. The molecular weight excluding hydrogens is 208 g/mol. The lowest BCUT2D eigenvalue weighted by molar-refractivity contribution is -0.136. The standard InChI is InChI=1S/C12H10O4/c13-11(14)4-2-1-3-9-5-7-10(8-6-9)12(15)16/h5-8H,2,4H2,(H,13,14)(H,15,16). The van der Waals surface area contributed by atoms with Crippen LogP contribution in [0.25, 0.3) is 0 Å². The molecule has 0 aliphatic heterocycles. The summed E-state index contributed by atoms with van der Waals surface area (Å²) in [5.41, 5.74) is 0.881. The Morgan fingerprint density at radius 3 is 2.25 bits per heavy atom. The fourth-order valence-corrected chi connectivity index (χ4v) is 1.03. The third-order valence-electron chi connectivity index (χ3n) is 1.83. The maximum Gasteiger partial charge on any atom is 0.335 e.